The molecule has 0 saturated heterocycles. The lowest BCUT2D eigenvalue weighted by Gasteiger charge is -2.09. The maximum absolute atomic E-state index is 12.4. The van der Waals surface area contributed by atoms with Gasteiger partial charge in [-0.25, -0.2) is 4.98 Å². The van der Waals surface area contributed by atoms with E-state index in [0.717, 1.165) is 24.1 Å². The number of rotatable bonds is 3. The molecule has 2 heterocycles. The molecule has 3 rings (SSSR count). The average Bonchev–Trinajstić information content (AvgIpc) is 3.11. The van der Waals surface area contributed by atoms with Gasteiger partial charge in [0, 0.05) is 17.9 Å². The highest BCUT2D eigenvalue weighted by Gasteiger charge is 2.27. The minimum atomic E-state index is -0.161. The smallest absolute Gasteiger partial charge is 0.273 e. The van der Waals surface area contributed by atoms with Gasteiger partial charge in [-0.1, -0.05) is 0 Å². The number of aryl methyl sites for hydroxylation is 2. The zero-order chi connectivity index (χ0) is 14.3. The van der Waals surface area contributed by atoms with Crippen molar-refractivity contribution in [2.75, 3.05) is 11.1 Å². The zero-order valence-electron chi connectivity index (χ0n) is 11.7. The van der Waals surface area contributed by atoms with E-state index in [1.165, 1.54) is 0 Å². The second-order valence-corrected chi connectivity index (χ2v) is 5.42. The van der Waals surface area contributed by atoms with Crippen LogP contribution in [0.25, 0.3) is 0 Å². The molecule has 0 aromatic carbocycles. The molecule has 0 spiro atoms. The normalized spacial score (nSPS) is 14.3. The molecule has 1 aliphatic carbocycles. The Labute approximate surface area is 117 Å². The highest BCUT2D eigenvalue weighted by molar-refractivity contribution is 6.03. The van der Waals surface area contributed by atoms with Crippen LogP contribution >= 0.6 is 0 Å². The molecule has 0 radical (unpaired) electrons. The van der Waals surface area contributed by atoms with E-state index in [4.69, 9.17) is 5.73 Å². The van der Waals surface area contributed by atoms with Crippen molar-refractivity contribution < 1.29 is 4.79 Å². The summed E-state index contributed by atoms with van der Waals surface area (Å²) in [5, 5.41) is 2.85. The molecule has 3 N–H and O–H groups in total. The summed E-state index contributed by atoms with van der Waals surface area (Å²) in [6.45, 7) is 3.89. The molecule has 0 unspecified atom stereocenters. The average molecular weight is 270 g/mol. The van der Waals surface area contributed by atoms with Crippen LogP contribution in [0.2, 0.25) is 0 Å². The van der Waals surface area contributed by atoms with Crippen molar-refractivity contribution in [2.45, 2.75) is 32.7 Å². The first-order valence-electron chi connectivity index (χ1n) is 6.77. The third-order valence-corrected chi connectivity index (χ3v) is 3.38. The standard InChI is InChI=1S/C15H18N4O/c1-9-5-10(2)17-14(6-9)18-15(20)13-7-11(16)8-19(13)12-3-4-12/h5-8,12H,3-4,16H2,1-2H3,(H,17,18,20). The third-order valence-electron chi connectivity index (χ3n) is 3.38. The van der Waals surface area contributed by atoms with Gasteiger partial charge in [0.1, 0.15) is 11.5 Å². The highest BCUT2D eigenvalue weighted by Crippen LogP contribution is 2.37. The van der Waals surface area contributed by atoms with Crippen LogP contribution in [-0.2, 0) is 0 Å². The van der Waals surface area contributed by atoms with Crippen LogP contribution in [0.1, 0.15) is 40.6 Å². The number of carbonyl (C=O) groups is 1. The number of nitrogens with one attached hydrogen (secondary N) is 1. The second-order valence-electron chi connectivity index (χ2n) is 5.42. The summed E-state index contributed by atoms with van der Waals surface area (Å²) in [4.78, 5) is 16.7. The summed E-state index contributed by atoms with van der Waals surface area (Å²) in [5.74, 6) is 0.417. The maximum Gasteiger partial charge on any atom is 0.273 e. The van der Waals surface area contributed by atoms with Crippen LogP contribution < -0.4 is 11.1 Å². The molecule has 1 fully saturated rings. The number of nitrogens with two attached hydrogens (primary N) is 1. The fourth-order valence-corrected chi connectivity index (χ4v) is 2.42. The molecular weight excluding hydrogens is 252 g/mol. The number of anilines is 2. The maximum atomic E-state index is 12.4. The lowest BCUT2D eigenvalue weighted by atomic mass is 10.2. The fourth-order valence-electron chi connectivity index (χ4n) is 2.42. The van der Waals surface area contributed by atoms with Gasteiger partial charge in [0.2, 0.25) is 0 Å². The Balaban J connectivity index is 1.85. The third kappa shape index (κ3) is 2.52. The number of aromatic nitrogens is 2. The van der Waals surface area contributed by atoms with Gasteiger partial charge in [0.15, 0.2) is 0 Å². The number of hydrogen-bond acceptors (Lipinski definition) is 3. The molecule has 0 bridgehead atoms. The molecule has 1 amide bonds. The molecule has 2 aromatic heterocycles. The van der Waals surface area contributed by atoms with Crippen molar-refractivity contribution in [3.8, 4) is 0 Å². The summed E-state index contributed by atoms with van der Waals surface area (Å²) in [5.41, 5.74) is 8.99. The number of carbonyl (C=O) groups excluding carboxylic acids is 1. The number of nitrogens with zero attached hydrogens (tertiary/aromatic N) is 2. The predicted molar refractivity (Wildman–Crippen MR) is 78.8 cm³/mol. The monoisotopic (exact) mass is 270 g/mol. The SMILES string of the molecule is Cc1cc(C)nc(NC(=O)c2cc(N)cn2C2CC2)c1. The molecule has 5 heteroatoms. The number of hydrogen-bond donors (Lipinski definition) is 2. The molecule has 104 valence electrons. The van der Waals surface area contributed by atoms with Crippen molar-refractivity contribution in [2.24, 2.45) is 0 Å². The van der Waals surface area contributed by atoms with Gasteiger partial charge in [0.25, 0.3) is 5.91 Å². The van der Waals surface area contributed by atoms with Crippen LogP contribution in [0.15, 0.2) is 24.4 Å². The van der Waals surface area contributed by atoms with E-state index >= 15 is 0 Å². The Hall–Kier alpha value is -2.30. The molecule has 0 aliphatic heterocycles. The van der Waals surface area contributed by atoms with Gasteiger partial charge in [-0.05, 0) is 50.5 Å². The summed E-state index contributed by atoms with van der Waals surface area (Å²) < 4.78 is 1.97. The molecule has 1 aliphatic rings. The quantitative estimate of drug-likeness (QED) is 0.900. The Bertz CT molecular complexity index is 650. The number of nitrogen functional groups attached to an aromatic ring is 1. The first kappa shape index (κ1) is 12.7. The van der Waals surface area contributed by atoms with Crippen molar-refractivity contribution in [1.82, 2.24) is 9.55 Å². The molecule has 1 saturated carbocycles. The number of amides is 1. The van der Waals surface area contributed by atoms with Gasteiger partial charge in [-0.15, -0.1) is 0 Å². The van der Waals surface area contributed by atoms with Gasteiger partial charge >= 0.3 is 0 Å². The van der Waals surface area contributed by atoms with Crippen LogP contribution in [0.3, 0.4) is 0 Å². The fraction of sp³-hybridized carbons (Fsp3) is 0.333. The van der Waals surface area contributed by atoms with Gasteiger partial charge < -0.3 is 15.6 Å². The largest absolute Gasteiger partial charge is 0.397 e. The van der Waals surface area contributed by atoms with Crippen molar-refractivity contribution >= 4 is 17.4 Å². The minimum absolute atomic E-state index is 0.161. The van der Waals surface area contributed by atoms with E-state index < -0.39 is 0 Å². The minimum Gasteiger partial charge on any atom is -0.397 e. The summed E-state index contributed by atoms with van der Waals surface area (Å²) in [6, 6.07) is 5.97. The predicted octanol–water partition coefficient (Wildman–Crippen LogP) is 2.67. The van der Waals surface area contributed by atoms with E-state index in [-0.39, 0.29) is 5.91 Å². The van der Waals surface area contributed by atoms with Crippen molar-refractivity contribution in [1.29, 1.82) is 0 Å². The molecule has 5 nitrogen and oxygen atoms in total. The zero-order valence-corrected chi connectivity index (χ0v) is 11.7. The molecule has 20 heavy (non-hydrogen) atoms. The first-order chi connectivity index (χ1) is 9.52. The lowest BCUT2D eigenvalue weighted by molar-refractivity contribution is 0.101. The van der Waals surface area contributed by atoms with Crippen LogP contribution in [0.5, 0.6) is 0 Å². The van der Waals surface area contributed by atoms with E-state index in [2.05, 4.69) is 10.3 Å². The van der Waals surface area contributed by atoms with Crippen molar-refractivity contribution in [3.05, 3.63) is 41.3 Å². The molecule has 0 atom stereocenters. The van der Waals surface area contributed by atoms with Crippen LogP contribution in [-0.4, -0.2) is 15.5 Å². The molecular formula is C15H18N4O. The highest BCUT2D eigenvalue weighted by atomic mass is 16.2. The Morgan fingerprint density at radius 1 is 1.35 bits per heavy atom. The Kier molecular flexibility index (Phi) is 2.97. The van der Waals surface area contributed by atoms with E-state index in [0.29, 0.717) is 23.2 Å². The lowest BCUT2D eigenvalue weighted by Crippen LogP contribution is -2.17. The van der Waals surface area contributed by atoms with Gasteiger partial charge in [-0.2, -0.15) is 0 Å². The summed E-state index contributed by atoms with van der Waals surface area (Å²) >= 11 is 0. The van der Waals surface area contributed by atoms with Gasteiger partial charge in [-0.3, -0.25) is 4.79 Å². The van der Waals surface area contributed by atoms with E-state index in [1.807, 2.05) is 36.7 Å². The van der Waals surface area contributed by atoms with Crippen LogP contribution in [0, 0.1) is 13.8 Å². The molecule has 2 aromatic rings. The Morgan fingerprint density at radius 3 is 2.75 bits per heavy atom. The van der Waals surface area contributed by atoms with Gasteiger partial charge in [0.05, 0.1) is 5.69 Å². The first-order valence-corrected chi connectivity index (χ1v) is 6.77. The second kappa shape index (κ2) is 4.67. The number of pyridine rings is 1. The van der Waals surface area contributed by atoms with Crippen molar-refractivity contribution in [3.63, 3.8) is 0 Å². The summed E-state index contributed by atoms with van der Waals surface area (Å²) in [7, 11) is 0. The summed E-state index contributed by atoms with van der Waals surface area (Å²) in [6.07, 6.45) is 4.05. The van der Waals surface area contributed by atoms with E-state index in [9.17, 15) is 4.79 Å². The topological polar surface area (TPSA) is 72.9 Å². The Morgan fingerprint density at radius 2 is 2.10 bits per heavy atom. The van der Waals surface area contributed by atoms with E-state index in [1.54, 1.807) is 6.07 Å². The van der Waals surface area contributed by atoms with Crippen LogP contribution in [0.4, 0.5) is 11.5 Å².